The van der Waals surface area contributed by atoms with E-state index < -0.39 is 5.97 Å². The van der Waals surface area contributed by atoms with Gasteiger partial charge < -0.3 is 25.0 Å². The second kappa shape index (κ2) is 7.74. The van der Waals surface area contributed by atoms with Crippen LogP contribution in [0.4, 0.5) is 17.5 Å². The molecule has 0 atom stereocenters. The quantitative estimate of drug-likeness (QED) is 0.758. The van der Waals surface area contributed by atoms with Crippen LogP contribution < -0.4 is 20.3 Å². The van der Waals surface area contributed by atoms with E-state index in [9.17, 15) is 4.79 Å². The number of rotatable bonds is 4. The molecule has 1 fully saturated rings. The Balaban J connectivity index is 1.76. The molecule has 1 saturated heterocycles. The minimum Gasteiger partial charge on any atom is -0.491 e. The van der Waals surface area contributed by atoms with Crippen LogP contribution in [0.2, 0.25) is 0 Å². The molecule has 2 aromatic rings. The smallest absolute Gasteiger partial charge is 0.360 e. The molecule has 3 rings (SSSR count). The number of anilines is 3. The summed E-state index contributed by atoms with van der Waals surface area (Å²) in [6, 6.07) is 5.57. The molecule has 27 heavy (non-hydrogen) atoms. The molecule has 0 spiro atoms. The average Bonchev–Trinajstić information content (AvgIpc) is 2.72. The number of nitriles is 1. The molecule has 10 heteroatoms. The summed E-state index contributed by atoms with van der Waals surface area (Å²) in [4.78, 5) is 28.7. The second-order valence-corrected chi connectivity index (χ2v) is 5.77. The van der Waals surface area contributed by atoms with Crippen molar-refractivity contribution in [3.8, 4) is 11.8 Å². The first-order valence-electron chi connectivity index (χ1n) is 8.23. The van der Waals surface area contributed by atoms with Gasteiger partial charge in [-0.05, 0) is 12.1 Å². The summed E-state index contributed by atoms with van der Waals surface area (Å²) in [7, 11) is 2.66. The lowest BCUT2D eigenvalue weighted by molar-refractivity contribution is 0.0590. The molecule has 2 aromatic heterocycles. The first-order chi connectivity index (χ1) is 13.1. The van der Waals surface area contributed by atoms with Crippen molar-refractivity contribution in [1.82, 2.24) is 15.0 Å². The predicted molar refractivity (Wildman–Crippen MR) is 97.7 cm³/mol. The topological polar surface area (TPSA) is 130 Å². The van der Waals surface area contributed by atoms with Gasteiger partial charge in [0.1, 0.15) is 11.8 Å². The number of esters is 1. The molecule has 1 aliphatic rings. The van der Waals surface area contributed by atoms with Crippen LogP contribution in [-0.2, 0) is 4.74 Å². The first kappa shape index (κ1) is 18.2. The zero-order valence-corrected chi connectivity index (χ0v) is 15.0. The molecule has 0 aromatic carbocycles. The van der Waals surface area contributed by atoms with Crippen molar-refractivity contribution in [3.05, 3.63) is 29.7 Å². The third-order valence-corrected chi connectivity index (χ3v) is 4.25. The summed E-state index contributed by atoms with van der Waals surface area (Å²) in [5, 5.41) is 8.84. The molecule has 0 aliphatic carbocycles. The molecule has 3 heterocycles. The Morgan fingerprint density at radius 1 is 1.19 bits per heavy atom. The van der Waals surface area contributed by atoms with Crippen molar-refractivity contribution in [2.24, 2.45) is 0 Å². The van der Waals surface area contributed by atoms with Crippen LogP contribution in [0, 0.1) is 11.3 Å². The van der Waals surface area contributed by atoms with E-state index in [4.69, 9.17) is 20.5 Å². The highest BCUT2D eigenvalue weighted by Gasteiger charge is 2.25. The van der Waals surface area contributed by atoms with Gasteiger partial charge in [0.05, 0.1) is 26.1 Å². The fraction of sp³-hybridized carbons (Fsp3) is 0.353. The van der Waals surface area contributed by atoms with E-state index >= 15 is 0 Å². The minimum absolute atomic E-state index is 0.00113. The maximum atomic E-state index is 12.0. The molecule has 10 nitrogen and oxygen atoms in total. The molecule has 1 aliphatic heterocycles. The molecule has 2 N–H and O–H groups in total. The Morgan fingerprint density at radius 3 is 2.44 bits per heavy atom. The first-order valence-corrected chi connectivity index (χ1v) is 8.23. The third kappa shape index (κ3) is 3.67. The number of pyridine rings is 1. The van der Waals surface area contributed by atoms with Crippen molar-refractivity contribution in [3.63, 3.8) is 0 Å². The number of nitrogen functional groups attached to an aromatic ring is 1. The van der Waals surface area contributed by atoms with Gasteiger partial charge in [0.25, 0.3) is 0 Å². The van der Waals surface area contributed by atoms with Crippen molar-refractivity contribution < 1.29 is 14.3 Å². The van der Waals surface area contributed by atoms with E-state index in [1.54, 1.807) is 12.3 Å². The van der Waals surface area contributed by atoms with Crippen molar-refractivity contribution in [2.45, 2.75) is 0 Å². The largest absolute Gasteiger partial charge is 0.491 e. The van der Waals surface area contributed by atoms with Crippen molar-refractivity contribution >= 4 is 23.4 Å². The van der Waals surface area contributed by atoms with E-state index in [1.165, 1.54) is 14.2 Å². The summed E-state index contributed by atoms with van der Waals surface area (Å²) in [5.41, 5.74) is 7.25. The molecular formula is C17H19N7O3. The number of carbonyl (C=O) groups excluding carboxylic acids is 1. The van der Waals surface area contributed by atoms with Crippen molar-refractivity contribution in [2.75, 3.05) is 55.9 Å². The molecule has 0 amide bonds. The zero-order chi connectivity index (χ0) is 19.4. The summed E-state index contributed by atoms with van der Waals surface area (Å²) < 4.78 is 9.88. The Bertz CT molecular complexity index is 871. The van der Waals surface area contributed by atoms with E-state index in [1.807, 2.05) is 17.0 Å². The average molecular weight is 369 g/mol. The molecule has 0 radical (unpaired) electrons. The molecular weight excluding hydrogens is 350 g/mol. The number of ether oxygens (including phenoxy) is 2. The van der Waals surface area contributed by atoms with E-state index in [2.05, 4.69) is 19.9 Å². The lowest BCUT2D eigenvalue weighted by Crippen LogP contribution is -2.47. The zero-order valence-electron chi connectivity index (χ0n) is 15.0. The van der Waals surface area contributed by atoms with Gasteiger partial charge in [0.15, 0.2) is 17.3 Å². The van der Waals surface area contributed by atoms with E-state index in [-0.39, 0.29) is 17.3 Å². The van der Waals surface area contributed by atoms with Gasteiger partial charge in [-0.15, -0.1) is 0 Å². The van der Waals surface area contributed by atoms with Crippen molar-refractivity contribution in [1.29, 1.82) is 5.26 Å². The van der Waals surface area contributed by atoms with Crippen LogP contribution in [0.1, 0.15) is 16.2 Å². The van der Waals surface area contributed by atoms with Gasteiger partial charge in [-0.3, -0.25) is 0 Å². The van der Waals surface area contributed by atoms with E-state index in [0.717, 1.165) is 5.69 Å². The highest BCUT2D eigenvalue weighted by molar-refractivity contribution is 5.92. The Hall–Kier alpha value is -3.61. The van der Waals surface area contributed by atoms with Crippen LogP contribution in [0.15, 0.2) is 18.3 Å². The Morgan fingerprint density at radius 2 is 1.89 bits per heavy atom. The number of nitrogens with two attached hydrogens (primary N) is 1. The third-order valence-electron chi connectivity index (χ3n) is 4.25. The van der Waals surface area contributed by atoms with Gasteiger partial charge in [-0.1, -0.05) is 0 Å². The molecule has 0 unspecified atom stereocenters. The highest BCUT2D eigenvalue weighted by atomic mass is 16.5. The number of aromatic nitrogens is 3. The maximum Gasteiger partial charge on any atom is 0.360 e. The fourth-order valence-electron chi connectivity index (χ4n) is 2.84. The lowest BCUT2D eigenvalue weighted by Gasteiger charge is -2.36. The summed E-state index contributed by atoms with van der Waals surface area (Å²) in [6.07, 6.45) is 1.69. The fourth-order valence-corrected chi connectivity index (χ4v) is 2.84. The monoisotopic (exact) mass is 369 g/mol. The van der Waals surface area contributed by atoms with Crippen LogP contribution in [0.5, 0.6) is 5.75 Å². The number of hydrogen-bond donors (Lipinski definition) is 1. The number of piperazine rings is 1. The minimum atomic E-state index is -0.635. The van der Waals surface area contributed by atoms with Crippen LogP contribution >= 0.6 is 0 Å². The SMILES string of the molecule is COC(=O)c1nc(N2CCN(c3ccc(C#N)nc3)CC2)nc(N)c1OC. The van der Waals surface area contributed by atoms with Gasteiger partial charge in [0.2, 0.25) is 5.95 Å². The maximum absolute atomic E-state index is 12.0. The molecule has 140 valence electrons. The second-order valence-electron chi connectivity index (χ2n) is 5.77. The normalized spacial score (nSPS) is 13.8. The molecule has 0 bridgehead atoms. The Labute approximate surface area is 156 Å². The van der Waals surface area contributed by atoms with Gasteiger partial charge in [-0.2, -0.15) is 10.2 Å². The highest BCUT2D eigenvalue weighted by Crippen LogP contribution is 2.27. The number of hydrogen-bond acceptors (Lipinski definition) is 10. The van der Waals surface area contributed by atoms with Gasteiger partial charge >= 0.3 is 5.97 Å². The molecule has 0 saturated carbocycles. The Kier molecular flexibility index (Phi) is 5.21. The van der Waals surface area contributed by atoms with Crippen LogP contribution in [-0.4, -0.2) is 61.3 Å². The number of nitrogens with zero attached hydrogens (tertiary/aromatic N) is 6. The summed E-state index contributed by atoms with van der Waals surface area (Å²) >= 11 is 0. The van der Waals surface area contributed by atoms with Gasteiger partial charge in [-0.25, -0.2) is 14.8 Å². The van der Waals surface area contributed by atoms with Gasteiger partial charge in [0, 0.05) is 26.2 Å². The summed E-state index contributed by atoms with van der Waals surface area (Å²) in [6.45, 7) is 2.67. The number of methoxy groups -OCH3 is 2. The number of carbonyl (C=O) groups is 1. The standard InChI is InChI=1S/C17H19N7O3/c1-26-14-13(16(25)27-2)21-17(22-15(14)19)24-7-5-23(6-8-24)12-4-3-11(9-18)20-10-12/h3-4,10H,5-8H2,1-2H3,(H2,19,21,22). The van der Waals surface area contributed by atoms with Crippen LogP contribution in [0.25, 0.3) is 0 Å². The summed E-state index contributed by atoms with van der Waals surface area (Å²) in [5.74, 6) is -0.0923. The van der Waals surface area contributed by atoms with E-state index in [0.29, 0.717) is 37.8 Å². The van der Waals surface area contributed by atoms with Crippen LogP contribution in [0.3, 0.4) is 0 Å². The predicted octanol–water partition coefficient (Wildman–Crippen LogP) is 0.447. The lowest BCUT2D eigenvalue weighted by atomic mass is 10.2.